The average molecular weight is 406 g/mol. The van der Waals surface area contributed by atoms with Gasteiger partial charge in [-0.1, -0.05) is 0 Å². The molecular formula is C10H18F3IN6. The number of halogens is 4. The van der Waals surface area contributed by atoms with Crippen LogP contribution in [0.1, 0.15) is 19.2 Å². The highest BCUT2D eigenvalue weighted by molar-refractivity contribution is 14.0. The van der Waals surface area contributed by atoms with Crippen LogP contribution < -0.4 is 10.6 Å². The Morgan fingerprint density at radius 2 is 2.10 bits per heavy atom. The van der Waals surface area contributed by atoms with E-state index in [9.17, 15) is 13.2 Å². The van der Waals surface area contributed by atoms with Gasteiger partial charge in [0.2, 0.25) is 0 Å². The third kappa shape index (κ3) is 7.50. The van der Waals surface area contributed by atoms with E-state index in [1.165, 1.54) is 6.33 Å². The molecule has 0 atom stereocenters. The fourth-order valence-electron chi connectivity index (χ4n) is 1.26. The van der Waals surface area contributed by atoms with E-state index in [0.717, 1.165) is 0 Å². The van der Waals surface area contributed by atoms with Crippen LogP contribution in [-0.4, -0.2) is 40.0 Å². The van der Waals surface area contributed by atoms with Gasteiger partial charge in [-0.2, -0.15) is 13.2 Å². The zero-order chi connectivity index (χ0) is 14.3. The van der Waals surface area contributed by atoms with Crippen molar-refractivity contribution in [2.24, 2.45) is 12.0 Å². The van der Waals surface area contributed by atoms with Gasteiger partial charge in [0, 0.05) is 20.1 Å². The highest BCUT2D eigenvalue weighted by atomic mass is 127. The molecule has 1 heterocycles. The van der Waals surface area contributed by atoms with Crippen molar-refractivity contribution in [3.05, 3.63) is 12.2 Å². The number of guanidine groups is 1. The summed E-state index contributed by atoms with van der Waals surface area (Å²) < 4.78 is 37.8. The molecule has 0 fully saturated rings. The topological polar surface area (TPSA) is 67.1 Å². The van der Waals surface area contributed by atoms with Crippen molar-refractivity contribution in [2.75, 3.05) is 13.1 Å². The van der Waals surface area contributed by atoms with Crippen molar-refractivity contribution >= 4 is 29.9 Å². The van der Waals surface area contributed by atoms with Crippen molar-refractivity contribution in [1.82, 2.24) is 25.4 Å². The quantitative estimate of drug-likeness (QED) is 0.441. The maximum Gasteiger partial charge on any atom is 0.390 e. The molecule has 20 heavy (non-hydrogen) atoms. The van der Waals surface area contributed by atoms with Gasteiger partial charge in [-0.05, 0) is 6.92 Å². The Labute approximate surface area is 132 Å². The number of nitrogens with zero attached hydrogens (tertiary/aromatic N) is 4. The largest absolute Gasteiger partial charge is 0.390 e. The van der Waals surface area contributed by atoms with Crippen molar-refractivity contribution in [3.8, 4) is 0 Å². The summed E-state index contributed by atoms with van der Waals surface area (Å²) in [7, 11) is 1.77. The summed E-state index contributed by atoms with van der Waals surface area (Å²) in [5.74, 6) is 0.961. The molecule has 0 spiro atoms. The summed E-state index contributed by atoms with van der Waals surface area (Å²) in [5, 5.41) is 13.0. The monoisotopic (exact) mass is 406 g/mol. The van der Waals surface area contributed by atoms with Gasteiger partial charge in [-0.15, -0.1) is 34.2 Å². The van der Waals surface area contributed by atoms with Crippen LogP contribution in [0.2, 0.25) is 0 Å². The van der Waals surface area contributed by atoms with E-state index in [2.05, 4.69) is 25.8 Å². The van der Waals surface area contributed by atoms with E-state index in [1.807, 2.05) is 6.92 Å². The molecule has 0 unspecified atom stereocenters. The van der Waals surface area contributed by atoms with Crippen LogP contribution in [0, 0.1) is 0 Å². The molecule has 0 radical (unpaired) electrons. The maximum absolute atomic E-state index is 12.0. The lowest BCUT2D eigenvalue weighted by molar-refractivity contribution is -0.132. The lowest BCUT2D eigenvalue weighted by Crippen LogP contribution is -2.39. The van der Waals surface area contributed by atoms with Crippen molar-refractivity contribution in [3.63, 3.8) is 0 Å². The van der Waals surface area contributed by atoms with Gasteiger partial charge in [0.15, 0.2) is 11.8 Å². The van der Waals surface area contributed by atoms with Crippen molar-refractivity contribution < 1.29 is 13.2 Å². The molecule has 6 nitrogen and oxygen atoms in total. The fraction of sp³-hybridized carbons (Fsp3) is 0.700. The molecule has 0 aliphatic carbocycles. The predicted molar refractivity (Wildman–Crippen MR) is 79.9 cm³/mol. The number of rotatable bonds is 5. The summed E-state index contributed by atoms with van der Waals surface area (Å²) >= 11 is 0. The van der Waals surface area contributed by atoms with Crippen LogP contribution in [0.3, 0.4) is 0 Å². The van der Waals surface area contributed by atoms with E-state index in [1.54, 1.807) is 11.6 Å². The van der Waals surface area contributed by atoms with E-state index in [-0.39, 0.29) is 37.1 Å². The number of aromatic nitrogens is 3. The highest BCUT2D eigenvalue weighted by Gasteiger charge is 2.26. The Morgan fingerprint density at radius 3 is 2.60 bits per heavy atom. The Hall–Kier alpha value is -1.07. The molecule has 0 amide bonds. The zero-order valence-electron chi connectivity index (χ0n) is 11.2. The van der Waals surface area contributed by atoms with Crippen LogP contribution in [0.5, 0.6) is 0 Å². The van der Waals surface area contributed by atoms with Crippen LogP contribution in [-0.2, 0) is 13.6 Å². The van der Waals surface area contributed by atoms with Gasteiger partial charge < -0.3 is 15.2 Å². The molecule has 1 rings (SSSR count). The molecule has 2 N–H and O–H groups in total. The van der Waals surface area contributed by atoms with Gasteiger partial charge in [-0.3, -0.25) is 0 Å². The minimum Gasteiger partial charge on any atom is -0.357 e. The number of hydrogen-bond donors (Lipinski definition) is 2. The second kappa shape index (κ2) is 8.97. The lowest BCUT2D eigenvalue weighted by atomic mass is 10.4. The van der Waals surface area contributed by atoms with Gasteiger partial charge in [-0.25, -0.2) is 4.99 Å². The van der Waals surface area contributed by atoms with Gasteiger partial charge in [0.05, 0.1) is 6.42 Å². The molecule has 0 saturated heterocycles. The van der Waals surface area contributed by atoms with E-state index in [4.69, 9.17) is 0 Å². The molecule has 0 aliphatic heterocycles. The van der Waals surface area contributed by atoms with Crippen LogP contribution in [0.25, 0.3) is 0 Å². The normalized spacial score (nSPS) is 11.9. The molecule has 0 aliphatic rings. The summed E-state index contributed by atoms with van der Waals surface area (Å²) in [5.41, 5.74) is 0. The Kier molecular flexibility index (Phi) is 8.49. The summed E-state index contributed by atoms with van der Waals surface area (Å²) in [6, 6.07) is 0. The molecule has 0 aromatic carbocycles. The summed E-state index contributed by atoms with van der Waals surface area (Å²) in [6.45, 7) is 2.44. The van der Waals surface area contributed by atoms with Gasteiger partial charge in [0.25, 0.3) is 0 Å². The Balaban J connectivity index is 0.00000361. The minimum atomic E-state index is -4.17. The first-order chi connectivity index (χ1) is 8.92. The Morgan fingerprint density at radius 1 is 1.40 bits per heavy atom. The van der Waals surface area contributed by atoms with Crippen molar-refractivity contribution in [1.29, 1.82) is 0 Å². The van der Waals surface area contributed by atoms with Crippen LogP contribution in [0.4, 0.5) is 13.2 Å². The number of nitrogens with one attached hydrogen (secondary N) is 2. The van der Waals surface area contributed by atoms with E-state index in [0.29, 0.717) is 18.3 Å². The molecular weight excluding hydrogens is 388 g/mol. The average Bonchev–Trinajstić information content (AvgIpc) is 2.70. The third-order valence-electron chi connectivity index (χ3n) is 2.23. The van der Waals surface area contributed by atoms with Crippen LogP contribution >= 0.6 is 24.0 Å². The van der Waals surface area contributed by atoms with E-state index >= 15 is 0 Å². The predicted octanol–water partition coefficient (Wildman–Crippen LogP) is 1.44. The molecule has 116 valence electrons. The second-order valence-electron chi connectivity index (χ2n) is 3.85. The summed E-state index contributed by atoms with van der Waals surface area (Å²) in [4.78, 5) is 4.14. The number of aryl methyl sites for hydroxylation is 1. The molecule has 0 bridgehead atoms. The number of aliphatic imine (C=N–C) groups is 1. The first kappa shape index (κ1) is 18.9. The second-order valence-corrected chi connectivity index (χ2v) is 3.85. The zero-order valence-corrected chi connectivity index (χ0v) is 13.6. The van der Waals surface area contributed by atoms with Gasteiger partial charge >= 0.3 is 6.18 Å². The highest BCUT2D eigenvalue weighted by Crippen LogP contribution is 2.17. The molecule has 1 aromatic heterocycles. The first-order valence-corrected chi connectivity index (χ1v) is 5.84. The third-order valence-corrected chi connectivity index (χ3v) is 2.23. The number of alkyl halides is 3. The SMILES string of the molecule is CCNC(=NCc1nncn1C)NCCC(F)(F)F.I. The van der Waals surface area contributed by atoms with E-state index < -0.39 is 12.6 Å². The van der Waals surface area contributed by atoms with Crippen molar-refractivity contribution in [2.45, 2.75) is 26.1 Å². The van der Waals surface area contributed by atoms with Gasteiger partial charge in [0.1, 0.15) is 12.9 Å². The van der Waals surface area contributed by atoms with Crippen LogP contribution in [0.15, 0.2) is 11.3 Å². The fourth-order valence-corrected chi connectivity index (χ4v) is 1.26. The maximum atomic E-state index is 12.0. The molecule has 1 aromatic rings. The number of hydrogen-bond acceptors (Lipinski definition) is 3. The minimum absolute atomic E-state index is 0. The summed E-state index contributed by atoms with van der Waals surface area (Å²) in [6.07, 6.45) is -3.54. The molecule has 0 saturated carbocycles. The Bertz CT molecular complexity index is 417. The lowest BCUT2D eigenvalue weighted by Gasteiger charge is -2.12. The first-order valence-electron chi connectivity index (χ1n) is 5.84. The molecule has 10 heteroatoms. The smallest absolute Gasteiger partial charge is 0.357 e. The standard InChI is InChI=1S/C10H17F3N6.HI/c1-3-14-9(15-5-4-10(11,12)13)16-6-8-18-17-7-19(8)2;/h7H,3-6H2,1-2H3,(H2,14,15,16);1H.